The Morgan fingerprint density at radius 3 is 2.27 bits per heavy atom. The summed E-state index contributed by atoms with van der Waals surface area (Å²) in [5.74, 6) is 1.72. The van der Waals surface area contributed by atoms with Gasteiger partial charge in [0.15, 0.2) is 11.3 Å². The first-order valence-corrected chi connectivity index (χ1v) is 20.0. The smallest absolute Gasteiger partial charge is 0.227 e. The molecule has 2 aliphatic carbocycles. The van der Waals surface area contributed by atoms with E-state index in [1.54, 1.807) is 6.07 Å². The van der Waals surface area contributed by atoms with Crippen molar-refractivity contribution in [2.75, 3.05) is 0 Å². The summed E-state index contributed by atoms with van der Waals surface area (Å²) >= 11 is 0. The largest absolute Gasteiger partial charge is 0.507 e. The number of phenolic OH excluding ortho intramolecular Hbond substituents is 1. The second-order valence-corrected chi connectivity index (χ2v) is 15.9. The Morgan fingerprint density at radius 2 is 1.43 bits per heavy atom. The van der Waals surface area contributed by atoms with Crippen molar-refractivity contribution >= 4 is 33.1 Å². The fraction of sp³-hybridized carbons (Fsp3) is 0.0962. The minimum atomic E-state index is 0. The molecule has 0 amide bonds. The van der Waals surface area contributed by atoms with E-state index in [9.17, 15) is 5.11 Å². The molecule has 0 radical (unpaired) electrons. The number of hydrogen-bond donors (Lipinski definition) is 1. The summed E-state index contributed by atoms with van der Waals surface area (Å²) in [6.45, 7) is 0. The Labute approximate surface area is 360 Å². The van der Waals surface area contributed by atoms with Crippen molar-refractivity contribution < 1.29 is 35.3 Å². The molecule has 4 heterocycles. The van der Waals surface area contributed by atoms with Gasteiger partial charge >= 0.3 is 0 Å². The number of nitrogens with zero attached hydrogens (tertiary/aromatic N) is 4. The van der Waals surface area contributed by atoms with E-state index in [0.717, 1.165) is 75.9 Å². The first kappa shape index (κ1) is 36.3. The van der Waals surface area contributed by atoms with Crippen LogP contribution >= 0.6 is 0 Å². The topological polar surface area (TPSA) is 86.2 Å². The molecule has 10 aromatic rings. The maximum absolute atomic E-state index is 11.4. The molecule has 60 heavy (non-hydrogen) atoms. The van der Waals surface area contributed by atoms with Gasteiger partial charge in [0.1, 0.15) is 11.3 Å². The molecule has 292 valence electrons. The quantitative estimate of drug-likeness (QED) is 0.167. The van der Waals surface area contributed by atoms with Gasteiger partial charge in [-0.2, -0.15) is 0 Å². The van der Waals surface area contributed by atoms with Crippen molar-refractivity contribution in [3.05, 3.63) is 186 Å². The van der Waals surface area contributed by atoms with Gasteiger partial charge in [0.2, 0.25) is 11.6 Å². The van der Waals surface area contributed by atoms with E-state index in [1.165, 1.54) is 16.7 Å². The summed E-state index contributed by atoms with van der Waals surface area (Å²) in [4.78, 5) is 15.3. The van der Waals surface area contributed by atoms with Gasteiger partial charge in [-0.1, -0.05) is 84.9 Å². The number of phenols is 1. The zero-order valence-corrected chi connectivity index (χ0v) is 34.5. The molecule has 0 aliphatic heterocycles. The van der Waals surface area contributed by atoms with Gasteiger partial charge in [-0.15, -0.1) is 35.9 Å². The van der Waals surface area contributed by atoms with Crippen LogP contribution in [0, 0.1) is 11.5 Å². The van der Waals surface area contributed by atoms with Crippen LogP contribution in [0.3, 0.4) is 0 Å². The number of para-hydroxylation sites is 2. The molecule has 7 nitrogen and oxygen atoms in total. The van der Waals surface area contributed by atoms with E-state index in [2.05, 4.69) is 89.5 Å². The third kappa shape index (κ3) is 5.87. The van der Waals surface area contributed by atoms with Crippen molar-refractivity contribution in [3.8, 4) is 56.8 Å². The van der Waals surface area contributed by atoms with Gasteiger partial charge in [-0.05, 0) is 95.8 Å². The number of benzene rings is 6. The average molecular weight is 959 g/mol. The van der Waals surface area contributed by atoms with Crippen LogP contribution in [0.5, 0.6) is 17.4 Å². The molecule has 0 unspecified atom stereocenters. The number of fused-ring (bicyclic) bond motifs is 6. The van der Waals surface area contributed by atoms with Crippen molar-refractivity contribution in [1.29, 1.82) is 0 Å². The molecule has 0 bridgehead atoms. The third-order valence-corrected chi connectivity index (χ3v) is 12.2. The number of aromatic hydroxyl groups is 1. The Kier molecular flexibility index (Phi) is 8.57. The van der Waals surface area contributed by atoms with Gasteiger partial charge in [0.25, 0.3) is 0 Å². The van der Waals surface area contributed by atoms with E-state index in [-0.39, 0.29) is 32.2 Å². The third-order valence-electron chi connectivity index (χ3n) is 12.2. The van der Waals surface area contributed by atoms with Crippen LogP contribution in [-0.4, -0.2) is 24.6 Å². The Bertz CT molecular complexity index is 3260. The first-order valence-electron chi connectivity index (χ1n) is 20.0. The normalized spacial score (nSPS) is 13.8. The Morgan fingerprint density at radius 1 is 0.667 bits per heavy atom. The average Bonchev–Trinajstić information content (AvgIpc) is 4.03. The van der Waals surface area contributed by atoms with Crippen molar-refractivity contribution in [2.24, 2.45) is 5.41 Å². The Hall–Kier alpha value is -6.82. The molecule has 8 heteroatoms. The van der Waals surface area contributed by atoms with Gasteiger partial charge in [0.05, 0.1) is 22.6 Å². The molecular weight excluding hydrogens is 924 g/mol. The molecule has 6 aromatic carbocycles. The number of furan rings is 1. The molecule has 1 spiro atoms. The van der Waals surface area contributed by atoms with Crippen LogP contribution < -0.4 is 4.74 Å². The minimum absolute atomic E-state index is 0. The monoisotopic (exact) mass is 958 g/mol. The number of ether oxygens (including phenoxy) is 1. The molecule has 1 N–H and O–H groups in total. The zero-order chi connectivity index (χ0) is 39.1. The van der Waals surface area contributed by atoms with Crippen molar-refractivity contribution in [1.82, 2.24) is 19.5 Å². The maximum Gasteiger partial charge on any atom is 0.227 e. The molecule has 12 rings (SSSR count). The van der Waals surface area contributed by atoms with Crippen LogP contribution in [0.1, 0.15) is 22.4 Å². The van der Waals surface area contributed by atoms with Crippen LogP contribution in [0.2, 0.25) is 0 Å². The van der Waals surface area contributed by atoms with E-state index >= 15 is 0 Å². The van der Waals surface area contributed by atoms with Crippen molar-refractivity contribution in [2.45, 2.75) is 25.7 Å². The van der Waals surface area contributed by atoms with Crippen LogP contribution in [0.4, 0.5) is 0 Å². The Balaban J connectivity index is 0.00000408. The van der Waals surface area contributed by atoms with Crippen LogP contribution in [0.15, 0.2) is 162 Å². The molecular formula is C52H35N4O3Pt-. The summed E-state index contributed by atoms with van der Waals surface area (Å²) in [5, 5.41) is 13.2. The number of pyridine rings is 2. The van der Waals surface area contributed by atoms with E-state index in [1.807, 2.05) is 72.8 Å². The van der Waals surface area contributed by atoms with Gasteiger partial charge < -0.3 is 18.8 Å². The summed E-state index contributed by atoms with van der Waals surface area (Å²) in [6, 6.07) is 56.2. The number of rotatable bonds is 6. The van der Waals surface area contributed by atoms with Crippen LogP contribution in [0.25, 0.3) is 72.6 Å². The minimum Gasteiger partial charge on any atom is -0.507 e. The predicted molar refractivity (Wildman–Crippen MR) is 231 cm³/mol. The van der Waals surface area contributed by atoms with E-state index in [0.29, 0.717) is 39.7 Å². The number of hydrogen-bond acceptors (Lipinski definition) is 6. The summed E-state index contributed by atoms with van der Waals surface area (Å²) < 4.78 is 15.3. The first-order chi connectivity index (χ1) is 29.1. The SMILES string of the molecule is Oc1ccc2c(oc3nc4c(cc32)CC2(Cc3ccccc3C2)C4)c1-c1cccc(Oc2cccc3c2nc(-c2[c-]cccc2)n3-c2ccccc2-c2ccccc2)n1.[Pt]. The molecule has 0 saturated heterocycles. The molecule has 2 aliphatic rings. The van der Waals surface area contributed by atoms with Gasteiger partial charge in [-0.25, -0.2) is 9.97 Å². The summed E-state index contributed by atoms with van der Waals surface area (Å²) in [5.41, 5.74) is 13.2. The van der Waals surface area contributed by atoms with E-state index < -0.39 is 0 Å². The molecule has 0 atom stereocenters. The predicted octanol–water partition coefficient (Wildman–Crippen LogP) is 11.9. The fourth-order valence-corrected chi connectivity index (χ4v) is 9.60. The maximum atomic E-state index is 11.4. The summed E-state index contributed by atoms with van der Waals surface area (Å²) in [7, 11) is 0. The second-order valence-electron chi connectivity index (χ2n) is 15.9. The van der Waals surface area contributed by atoms with Gasteiger partial charge in [-0.3, -0.25) is 4.98 Å². The summed E-state index contributed by atoms with van der Waals surface area (Å²) in [6.07, 6.45) is 4.08. The number of imidazole rings is 1. The zero-order valence-electron chi connectivity index (χ0n) is 32.2. The standard InChI is InChI=1S/C52H35N4O3.Pt/c57-44-26-25-38-39-27-36-30-52(28-34-17-7-8-18-35(34)29-52)31-41(36)54-51(39)59-49(38)47(44)40-20-11-24-46(53-40)58-45-23-12-22-43-48(45)55-50(33-15-5-2-6-16-33)56(43)42-21-10-9-19-37(42)32-13-3-1-4-14-32;/h1-15,17-27,57H,28-31H2;/q-1;. The van der Waals surface area contributed by atoms with Crippen LogP contribution in [-0.2, 0) is 46.7 Å². The van der Waals surface area contributed by atoms with Crippen molar-refractivity contribution in [3.63, 3.8) is 0 Å². The molecule has 4 aromatic heterocycles. The van der Waals surface area contributed by atoms with E-state index in [4.69, 9.17) is 24.1 Å². The van der Waals surface area contributed by atoms with Gasteiger partial charge in [0, 0.05) is 54.8 Å². The molecule has 0 saturated carbocycles. The second kappa shape index (κ2) is 14.2. The number of aromatic nitrogens is 4. The fourth-order valence-electron chi connectivity index (χ4n) is 9.60. The molecule has 0 fully saturated rings.